The fourth-order valence-electron chi connectivity index (χ4n) is 3.33. The molecule has 0 unspecified atom stereocenters. The van der Waals surface area contributed by atoms with E-state index in [9.17, 15) is 13.2 Å². The second kappa shape index (κ2) is 6.48. The number of aromatic amines is 1. The molecule has 130 valence electrons. The Labute approximate surface area is 140 Å². The van der Waals surface area contributed by atoms with Gasteiger partial charge in [0, 0.05) is 32.1 Å². The molecule has 0 saturated carbocycles. The summed E-state index contributed by atoms with van der Waals surface area (Å²) < 4.78 is 25.1. The molecule has 0 aliphatic carbocycles. The Morgan fingerprint density at radius 1 is 1.46 bits per heavy atom. The molecule has 1 aliphatic rings. The Bertz CT molecular complexity index is 815. The second-order valence-electron chi connectivity index (χ2n) is 6.31. The van der Waals surface area contributed by atoms with Gasteiger partial charge in [-0.15, -0.1) is 0 Å². The minimum Gasteiger partial charge on any atom is -0.481 e. The van der Waals surface area contributed by atoms with Crippen molar-refractivity contribution in [3.05, 3.63) is 24.3 Å². The van der Waals surface area contributed by atoms with Gasteiger partial charge in [0.15, 0.2) is 0 Å². The number of hydrogen-bond acceptors (Lipinski definition) is 5. The predicted molar refractivity (Wildman–Crippen MR) is 87.9 cm³/mol. The third-order valence-corrected chi connectivity index (χ3v) is 5.82. The van der Waals surface area contributed by atoms with Crippen molar-refractivity contribution in [3.63, 3.8) is 0 Å². The Morgan fingerprint density at radius 2 is 2.25 bits per heavy atom. The number of aromatic nitrogens is 3. The topological polar surface area (TPSA) is 116 Å². The molecule has 9 heteroatoms. The van der Waals surface area contributed by atoms with Crippen LogP contribution in [0.1, 0.15) is 18.7 Å². The van der Waals surface area contributed by atoms with E-state index in [1.807, 2.05) is 0 Å². The van der Waals surface area contributed by atoms with Crippen LogP contribution in [0.15, 0.2) is 18.5 Å². The van der Waals surface area contributed by atoms with Crippen LogP contribution in [-0.4, -0.2) is 58.1 Å². The van der Waals surface area contributed by atoms with Crippen LogP contribution in [0.3, 0.4) is 0 Å². The van der Waals surface area contributed by atoms with Crippen molar-refractivity contribution in [2.75, 3.05) is 19.3 Å². The van der Waals surface area contributed by atoms with Crippen LogP contribution in [0.2, 0.25) is 0 Å². The van der Waals surface area contributed by atoms with Crippen LogP contribution < -0.4 is 0 Å². The van der Waals surface area contributed by atoms with Crippen LogP contribution >= 0.6 is 0 Å². The van der Waals surface area contributed by atoms with E-state index in [1.165, 1.54) is 10.6 Å². The highest BCUT2D eigenvalue weighted by Gasteiger charge is 2.34. The van der Waals surface area contributed by atoms with Crippen LogP contribution in [-0.2, 0) is 21.2 Å². The molecule has 0 aromatic carbocycles. The fourth-order valence-corrected chi connectivity index (χ4v) is 4.23. The van der Waals surface area contributed by atoms with E-state index in [0.717, 1.165) is 16.9 Å². The number of nitrogens with zero attached hydrogens (tertiary/aromatic N) is 3. The molecular formula is C15H20N4O4S. The molecule has 1 fully saturated rings. The number of carbonyl (C=O) groups is 1. The molecule has 2 N–H and O–H groups in total. The molecule has 0 radical (unpaired) electrons. The van der Waals surface area contributed by atoms with Crippen molar-refractivity contribution in [2.24, 2.45) is 11.8 Å². The summed E-state index contributed by atoms with van der Waals surface area (Å²) in [6, 6.07) is 1.80. The number of pyridine rings is 1. The van der Waals surface area contributed by atoms with Crippen molar-refractivity contribution in [1.29, 1.82) is 0 Å². The summed E-state index contributed by atoms with van der Waals surface area (Å²) in [5, 5.41) is 9.13. The highest BCUT2D eigenvalue weighted by Crippen LogP contribution is 2.30. The molecule has 1 saturated heterocycles. The molecule has 8 nitrogen and oxygen atoms in total. The van der Waals surface area contributed by atoms with E-state index in [0.29, 0.717) is 25.9 Å². The summed E-state index contributed by atoms with van der Waals surface area (Å²) in [5.74, 6) is -0.273. The fraction of sp³-hybridized carbons (Fsp3) is 0.533. The zero-order chi connectivity index (χ0) is 17.3. The summed E-state index contributed by atoms with van der Waals surface area (Å²) in [4.78, 5) is 22.8. The maximum Gasteiger partial charge on any atom is 0.303 e. The van der Waals surface area contributed by atoms with Crippen molar-refractivity contribution in [1.82, 2.24) is 19.3 Å². The maximum atomic E-state index is 11.8. The summed E-state index contributed by atoms with van der Waals surface area (Å²) in [6.07, 6.45) is 5.64. The number of imidazole rings is 1. The number of carboxylic acids is 1. The summed E-state index contributed by atoms with van der Waals surface area (Å²) in [5.41, 5.74) is 1.61. The quantitative estimate of drug-likeness (QED) is 0.825. The Hall–Kier alpha value is -2.00. The lowest BCUT2D eigenvalue weighted by Gasteiger charge is -2.36. The number of hydrogen-bond donors (Lipinski definition) is 2. The van der Waals surface area contributed by atoms with E-state index >= 15 is 0 Å². The molecule has 0 bridgehead atoms. The lowest BCUT2D eigenvalue weighted by molar-refractivity contribution is -0.138. The van der Waals surface area contributed by atoms with E-state index in [2.05, 4.69) is 15.0 Å². The van der Waals surface area contributed by atoms with Gasteiger partial charge in [0.25, 0.3) is 0 Å². The Kier molecular flexibility index (Phi) is 4.55. The van der Waals surface area contributed by atoms with Crippen LogP contribution in [0.4, 0.5) is 0 Å². The van der Waals surface area contributed by atoms with Crippen molar-refractivity contribution in [2.45, 2.75) is 19.3 Å². The standard InChI is InChI=1S/C15H20N4O4S/c1-24(22,23)19-5-3-10(7-15(20)21)11(9-19)6-14-17-12-2-4-16-8-13(12)18-14/h2,4,8,10-11H,3,5-7,9H2,1H3,(H,17,18)(H,20,21)/t10-,11-/m0/s1. The number of sulfonamides is 1. The molecular weight excluding hydrogens is 332 g/mol. The highest BCUT2D eigenvalue weighted by atomic mass is 32.2. The number of rotatable bonds is 5. The van der Waals surface area contributed by atoms with Crippen LogP contribution in [0.5, 0.6) is 0 Å². The van der Waals surface area contributed by atoms with E-state index < -0.39 is 16.0 Å². The van der Waals surface area contributed by atoms with Crippen molar-refractivity contribution in [3.8, 4) is 0 Å². The summed E-state index contributed by atoms with van der Waals surface area (Å²) in [7, 11) is -3.28. The lowest BCUT2D eigenvalue weighted by Crippen LogP contribution is -2.44. The van der Waals surface area contributed by atoms with Gasteiger partial charge < -0.3 is 10.1 Å². The molecule has 0 spiro atoms. The number of aliphatic carboxylic acids is 1. The normalized spacial score (nSPS) is 22.7. The van der Waals surface area contributed by atoms with Gasteiger partial charge in [-0.3, -0.25) is 9.78 Å². The maximum absolute atomic E-state index is 11.8. The minimum absolute atomic E-state index is 0.0457. The molecule has 2 aromatic heterocycles. The molecule has 0 amide bonds. The largest absolute Gasteiger partial charge is 0.481 e. The number of fused-ring (bicyclic) bond motifs is 1. The van der Waals surface area contributed by atoms with Gasteiger partial charge in [-0.2, -0.15) is 0 Å². The minimum atomic E-state index is -3.28. The van der Waals surface area contributed by atoms with Gasteiger partial charge in [0.05, 0.1) is 23.5 Å². The van der Waals surface area contributed by atoms with E-state index in [4.69, 9.17) is 5.11 Å². The molecule has 2 aromatic rings. The predicted octanol–water partition coefficient (Wildman–Crippen LogP) is 0.873. The van der Waals surface area contributed by atoms with Crippen molar-refractivity contribution >= 4 is 27.0 Å². The average molecular weight is 352 g/mol. The van der Waals surface area contributed by atoms with Gasteiger partial charge in [-0.25, -0.2) is 17.7 Å². The van der Waals surface area contributed by atoms with Crippen molar-refractivity contribution < 1.29 is 18.3 Å². The molecule has 2 atom stereocenters. The number of nitrogens with one attached hydrogen (secondary N) is 1. The first-order chi connectivity index (χ1) is 11.3. The van der Waals surface area contributed by atoms with Gasteiger partial charge in [-0.05, 0) is 24.3 Å². The third kappa shape index (κ3) is 3.73. The van der Waals surface area contributed by atoms with Gasteiger partial charge in [-0.1, -0.05) is 0 Å². The number of H-pyrrole nitrogens is 1. The van der Waals surface area contributed by atoms with Gasteiger partial charge in [0.1, 0.15) is 5.82 Å². The zero-order valence-corrected chi connectivity index (χ0v) is 14.2. The van der Waals surface area contributed by atoms with Crippen LogP contribution in [0, 0.1) is 11.8 Å². The second-order valence-corrected chi connectivity index (χ2v) is 8.29. The van der Waals surface area contributed by atoms with E-state index in [-0.39, 0.29) is 18.3 Å². The third-order valence-electron chi connectivity index (χ3n) is 4.55. The summed E-state index contributed by atoms with van der Waals surface area (Å²) in [6.45, 7) is 0.698. The number of piperidine rings is 1. The monoisotopic (exact) mass is 352 g/mol. The van der Waals surface area contributed by atoms with Gasteiger partial charge >= 0.3 is 5.97 Å². The molecule has 3 heterocycles. The molecule has 3 rings (SSSR count). The summed E-state index contributed by atoms with van der Waals surface area (Å²) >= 11 is 0. The van der Waals surface area contributed by atoms with E-state index in [1.54, 1.807) is 18.5 Å². The number of carboxylic acid groups (broad SMARTS) is 1. The molecule has 24 heavy (non-hydrogen) atoms. The molecule has 1 aliphatic heterocycles. The average Bonchev–Trinajstić information content (AvgIpc) is 2.89. The Balaban J connectivity index is 1.82. The van der Waals surface area contributed by atoms with Crippen LogP contribution in [0.25, 0.3) is 11.0 Å². The lowest BCUT2D eigenvalue weighted by atomic mass is 9.82. The first kappa shape index (κ1) is 16.8. The highest BCUT2D eigenvalue weighted by molar-refractivity contribution is 7.88. The first-order valence-electron chi connectivity index (χ1n) is 7.78. The smallest absolute Gasteiger partial charge is 0.303 e. The SMILES string of the molecule is CS(=O)(=O)N1CC[C@@H](CC(=O)O)[C@@H](Cc2nc3ccncc3[nH]2)C1. The Morgan fingerprint density at radius 3 is 2.92 bits per heavy atom. The zero-order valence-electron chi connectivity index (χ0n) is 13.3. The van der Waals surface area contributed by atoms with Gasteiger partial charge in [0.2, 0.25) is 10.0 Å². The first-order valence-corrected chi connectivity index (χ1v) is 9.63.